The zero-order valence-corrected chi connectivity index (χ0v) is 11.3. The van der Waals surface area contributed by atoms with Gasteiger partial charge in [0.25, 0.3) is 0 Å². The Hall–Kier alpha value is -0.123. The first-order valence-electron chi connectivity index (χ1n) is 5.30. The Morgan fingerprint density at radius 1 is 1.21 bits per heavy atom. The maximum absolute atomic E-state index is 5.95. The van der Waals surface area contributed by atoms with Gasteiger partial charge in [-0.05, 0) is 31.1 Å². The predicted octanol–water partition coefficient (Wildman–Crippen LogP) is 2.91. The first kappa shape index (κ1) is 13.9. The molecule has 0 aromatic heterocycles. The molecule has 0 spiro atoms. The van der Waals surface area contributed by atoms with E-state index in [1.165, 1.54) is 0 Å². The van der Waals surface area contributed by atoms with E-state index in [-0.39, 0.29) is 0 Å². The maximum atomic E-state index is 5.95. The third kappa shape index (κ3) is 4.93. The lowest BCUT2D eigenvalue weighted by Crippen LogP contribution is -2.40. The van der Waals surface area contributed by atoms with Crippen molar-refractivity contribution in [3.8, 4) is 0 Å². The molecule has 2 nitrogen and oxygen atoms in total. The summed E-state index contributed by atoms with van der Waals surface area (Å²) in [6, 6.07) is 0. The van der Waals surface area contributed by atoms with Crippen LogP contribution in [0.15, 0.2) is 12.2 Å². The van der Waals surface area contributed by atoms with Crippen LogP contribution in [0.3, 0.4) is 0 Å². The van der Waals surface area contributed by atoms with Gasteiger partial charge in [0.1, 0.15) is 0 Å². The van der Waals surface area contributed by atoms with E-state index >= 15 is 0 Å². The van der Waals surface area contributed by atoms with Crippen molar-refractivity contribution in [1.82, 2.24) is 0 Å². The molecule has 0 aromatic carbocycles. The van der Waals surface area contributed by atoms with Crippen LogP contribution >= 0.6 is 0 Å². The topological polar surface area (TPSA) is 35.2 Å². The smallest absolute Gasteiger partial charge is 0.192 e. The minimum Gasteiger partial charge on any atom is -0.413 e. The van der Waals surface area contributed by atoms with Gasteiger partial charge in [-0.2, -0.15) is 0 Å². The molecule has 0 rings (SSSR count). The predicted molar refractivity (Wildman–Crippen MR) is 66.0 cm³/mol. The number of hydrogen-bond acceptors (Lipinski definition) is 2. The molecule has 0 radical (unpaired) electrons. The van der Waals surface area contributed by atoms with Gasteiger partial charge >= 0.3 is 0 Å². The van der Waals surface area contributed by atoms with E-state index in [1.807, 2.05) is 0 Å². The van der Waals surface area contributed by atoms with E-state index in [1.54, 1.807) is 0 Å². The molecule has 0 aliphatic heterocycles. The molecule has 0 aliphatic carbocycles. The van der Waals surface area contributed by atoms with E-state index in [4.69, 9.17) is 10.2 Å². The molecule has 0 aromatic rings. The van der Waals surface area contributed by atoms with Gasteiger partial charge in [-0.15, -0.1) is 0 Å². The van der Waals surface area contributed by atoms with Gasteiger partial charge in [-0.1, -0.05) is 32.9 Å². The van der Waals surface area contributed by atoms with Crippen LogP contribution in [0.2, 0.25) is 18.1 Å². The zero-order valence-electron chi connectivity index (χ0n) is 10.3. The molecule has 0 amide bonds. The van der Waals surface area contributed by atoms with Gasteiger partial charge in [0, 0.05) is 0 Å². The lowest BCUT2D eigenvalue weighted by atomic mass is 10.2. The number of hydrogen-bond donors (Lipinski definition) is 1. The van der Waals surface area contributed by atoms with Crippen LogP contribution in [0.1, 0.15) is 27.2 Å². The van der Waals surface area contributed by atoms with Crippen LogP contribution in [-0.2, 0) is 4.43 Å². The van der Waals surface area contributed by atoms with Crippen LogP contribution in [-0.4, -0.2) is 21.5 Å². The Morgan fingerprint density at radius 2 is 1.79 bits per heavy atom. The number of rotatable bonds is 5. The van der Waals surface area contributed by atoms with Crippen LogP contribution in [0.4, 0.5) is 0 Å². The Labute approximate surface area is 89.7 Å². The summed E-state index contributed by atoms with van der Waals surface area (Å²) in [7, 11) is -1.55. The van der Waals surface area contributed by atoms with Crippen LogP contribution in [0.25, 0.3) is 0 Å². The molecule has 0 saturated carbocycles. The van der Waals surface area contributed by atoms with Gasteiger partial charge in [-0.3, -0.25) is 0 Å². The van der Waals surface area contributed by atoms with Gasteiger partial charge in [-0.25, -0.2) is 0 Å². The normalized spacial score (nSPS) is 13.9. The Bertz CT molecular complexity index is 182. The van der Waals surface area contributed by atoms with Crippen molar-refractivity contribution >= 4 is 8.32 Å². The summed E-state index contributed by atoms with van der Waals surface area (Å²) in [6.07, 6.45) is 5.11. The van der Waals surface area contributed by atoms with Crippen molar-refractivity contribution in [1.29, 1.82) is 0 Å². The van der Waals surface area contributed by atoms with Gasteiger partial charge < -0.3 is 10.2 Å². The molecular formula is C11H25NOSi. The Morgan fingerprint density at radius 3 is 2.21 bits per heavy atom. The highest BCUT2D eigenvalue weighted by molar-refractivity contribution is 6.74. The molecule has 0 heterocycles. The second-order valence-electron chi connectivity index (χ2n) is 5.12. The van der Waals surface area contributed by atoms with Crippen LogP contribution in [0.5, 0.6) is 0 Å². The first-order chi connectivity index (χ1) is 6.31. The van der Waals surface area contributed by atoms with Crippen molar-refractivity contribution in [3.63, 3.8) is 0 Å². The molecule has 3 heteroatoms. The average Bonchev–Trinajstić information content (AvgIpc) is 2.02. The lowest BCUT2D eigenvalue weighted by Gasteiger charge is -2.35. The molecule has 0 fully saturated rings. The minimum atomic E-state index is -1.55. The fraction of sp³-hybridized carbons (Fsp3) is 0.818. The average molecular weight is 215 g/mol. The maximum Gasteiger partial charge on any atom is 0.192 e. The van der Waals surface area contributed by atoms with E-state index in [0.717, 1.165) is 19.6 Å². The van der Waals surface area contributed by atoms with Crippen molar-refractivity contribution in [2.45, 2.75) is 45.3 Å². The third-order valence-electron chi connectivity index (χ3n) is 2.85. The molecule has 2 N–H and O–H groups in total. The molecule has 0 unspecified atom stereocenters. The summed E-state index contributed by atoms with van der Waals surface area (Å²) >= 11 is 0. The highest BCUT2D eigenvalue weighted by Crippen LogP contribution is 2.36. The summed E-state index contributed by atoms with van der Waals surface area (Å²) in [5.41, 5.74) is 5.38. The van der Waals surface area contributed by atoms with E-state index in [2.05, 4.69) is 46.0 Å². The summed E-state index contributed by atoms with van der Waals surface area (Å²) in [4.78, 5) is 0. The minimum absolute atomic E-state index is 0.300. The standard InChI is InChI=1S/C11H25NOSi/c1-11(2,3)14(4,5)13-10-8-6-7-9-12/h6,8H,7,9-10,12H2,1-5H3/b8-6-. The second kappa shape index (κ2) is 5.68. The molecule has 84 valence electrons. The number of nitrogens with two attached hydrogens (primary N) is 1. The fourth-order valence-electron chi connectivity index (χ4n) is 0.755. The molecule has 14 heavy (non-hydrogen) atoms. The van der Waals surface area contributed by atoms with Crippen LogP contribution < -0.4 is 5.73 Å². The molecular weight excluding hydrogens is 190 g/mol. The van der Waals surface area contributed by atoms with E-state index < -0.39 is 8.32 Å². The quantitative estimate of drug-likeness (QED) is 0.565. The molecule has 0 aliphatic rings. The highest BCUT2D eigenvalue weighted by Gasteiger charge is 2.36. The van der Waals surface area contributed by atoms with E-state index in [0.29, 0.717) is 5.04 Å². The van der Waals surface area contributed by atoms with Crippen molar-refractivity contribution in [2.24, 2.45) is 5.73 Å². The van der Waals surface area contributed by atoms with Crippen molar-refractivity contribution in [3.05, 3.63) is 12.2 Å². The monoisotopic (exact) mass is 215 g/mol. The lowest BCUT2D eigenvalue weighted by molar-refractivity contribution is 0.327. The van der Waals surface area contributed by atoms with Gasteiger partial charge in [0.05, 0.1) is 6.61 Å². The van der Waals surface area contributed by atoms with Crippen LogP contribution in [0, 0.1) is 0 Å². The fourth-order valence-corrected chi connectivity index (χ4v) is 1.70. The summed E-state index contributed by atoms with van der Waals surface area (Å²) < 4.78 is 5.95. The summed E-state index contributed by atoms with van der Waals surface area (Å²) in [6.45, 7) is 12.7. The van der Waals surface area contributed by atoms with Gasteiger partial charge in [0.2, 0.25) is 0 Å². The molecule has 0 atom stereocenters. The zero-order chi connectivity index (χ0) is 11.2. The van der Waals surface area contributed by atoms with Gasteiger partial charge in [0.15, 0.2) is 8.32 Å². The SMILES string of the molecule is CC(C)(C)[Si](C)(C)OC/C=C\CCN. The molecule has 0 saturated heterocycles. The Kier molecular flexibility index (Phi) is 5.63. The summed E-state index contributed by atoms with van der Waals surface area (Å²) in [5.74, 6) is 0. The Balaban J connectivity index is 3.89. The van der Waals surface area contributed by atoms with Crippen molar-refractivity contribution < 1.29 is 4.43 Å². The highest BCUT2D eigenvalue weighted by atomic mass is 28.4. The summed E-state index contributed by atoms with van der Waals surface area (Å²) in [5, 5.41) is 0.300. The second-order valence-corrected chi connectivity index (χ2v) is 9.93. The first-order valence-corrected chi connectivity index (χ1v) is 8.21. The van der Waals surface area contributed by atoms with E-state index in [9.17, 15) is 0 Å². The third-order valence-corrected chi connectivity index (χ3v) is 7.35. The largest absolute Gasteiger partial charge is 0.413 e. The molecule has 0 bridgehead atoms. The van der Waals surface area contributed by atoms with Crippen molar-refractivity contribution in [2.75, 3.05) is 13.2 Å².